The first-order valence-corrected chi connectivity index (χ1v) is 24.7. The molecule has 0 amide bonds. The number of fused-ring (bicyclic) bond motifs is 9. The zero-order valence-electron chi connectivity index (χ0n) is 39.3. The Balaban J connectivity index is 1.05. The minimum Gasteiger partial charge on any atom is -0.311 e. The largest absolute Gasteiger partial charge is 0.311 e. The first kappa shape index (κ1) is 40.9. The predicted octanol–water partition coefficient (Wildman–Crippen LogP) is 17.8. The molecule has 3 aromatic heterocycles. The van der Waals surface area contributed by atoms with E-state index < -0.39 is 0 Å². The van der Waals surface area contributed by atoms with E-state index in [0.717, 1.165) is 62.8 Å². The van der Waals surface area contributed by atoms with Gasteiger partial charge >= 0.3 is 0 Å². The Hall–Kier alpha value is -9.12. The smallest absolute Gasteiger partial charge is 0.0561 e. The molecule has 10 aromatic carbocycles. The molecule has 0 aliphatic heterocycles. The van der Waals surface area contributed by atoms with E-state index in [1.807, 2.05) is 0 Å². The Morgan fingerprint density at radius 3 is 1.27 bits per heavy atom. The number of anilines is 3. The minimum absolute atomic E-state index is 0.452. The molecule has 3 heterocycles. The zero-order chi connectivity index (χ0) is 47.0. The molecule has 336 valence electrons. The van der Waals surface area contributed by atoms with E-state index in [1.165, 1.54) is 65.8 Å². The van der Waals surface area contributed by atoms with Crippen LogP contribution in [0.3, 0.4) is 0 Å². The summed E-state index contributed by atoms with van der Waals surface area (Å²) in [5, 5.41) is 6.29. The summed E-state index contributed by atoms with van der Waals surface area (Å²) in [7, 11) is 0. The molecule has 0 saturated carbocycles. The van der Waals surface area contributed by atoms with Gasteiger partial charge in [-0.2, -0.15) is 0 Å². The molecule has 1 atom stereocenters. The molecule has 71 heavy (non-hydrogen) atoms. The molecule has 13 aromatic rings. The highest BCUT2D eigenvalue weighted by molar-refractivity contribution is 6.11. The van der Waals surface area contributed by atoms with Crippen molar-refractivity contribution in [3.8, 4) is 39.3 Å². The van der Waals surface area contributed by atoms with Crippen molar-refractivity contribution in [1.29, 1.82) is 0 Å². The van der Waals surface area contributed by atoms with E-state index in [0.29, 0.717) is 5.92 Å². The summed E-state index contributed by atoms with van der Waals surface area (Å²) >= 11 is 0. The van der Waals surface area contributed by atoms with Crippen LogP contribution in [0.25, 0.3) is 99.9 Å². The van der Waals surface area contributed by atoms with Crippen LogP contribution in [0.2, 0.25) is 0 Å². The van der Waals surface area contributed by atoms with Crippen LogP contribution in [0.15, 0.2) is 249 Å². The maximum atomic E-state index is 2.55. The summed E-state index contributed by atoms with van der Waals surface area (Å²) in [5.74, 6) is 0.452. The van der Waals surface area contributed by atoms with Crippen molar-refractivity contribution in [2.75, 3.05) is 4.90 Å². The Kier molecular flexibility index (Phi) is 9.53. The molecule has 4 heteroatoms. The van der Waals surface area contributed by atoms with Crippen LogP contribution >= 0.6 is 0 Å². The van der Waals surface area contributed by atoms with Gasteiger partial charge in [0.15, 0.2) is 0 Å². The lowest BCUT2D eigenvalue weighted by atomic mass is 9.93. The quantitative estimate of drug-likeness (QED) is 0.149. The van der Waals surface area contributed by atoms with Gasteiger partial charge in [0.2, 0.25) is 0 Å². The molecular formula is C67H48N4. The van der Waals surface area contributed by atoms with Crippen LogP contribution in [-0.2, 0) is 6.42 Å². The SMILES string of the molecule is CC1C=Cc2c(c3ccccc3n2-c2cc(-n3c4ccccc4c4ccccc43)c(-c3ccc(N(c4ccccc4)c4ccccc4)cc3)cc2-c2ccc(-n3c4ccccc4c4ccccc43)cc2)C1. The molecule has 1 aliphatic carbocycles. The number of rotatable bonds is 8. The number of benzene rings is 10. The fraction of sp³-hybridized carbons (Fsp3) is 0.0448. The summed E-state index contributed by atoms with van der Waals surface area (Å²) in [6, 6.07) is 89.0. The number of para-hydroxylation sites is 7. The molecule has 0 N–H and O–H groups in total. The summed E-state index contributed by atoms with van der Waals surface area (Å²) in [5.41, 5.74) is 19.9. The Morgan fingerprint density at radius 2 is 0.761 bits per heavy atom. The van der Waals surface area contributed by atoms with Crippen molar-refractivity contribution < 1.29 is 0 Å². The third-order valence-electron chi connectivity index (χ3n) is 14.8. The van der Waals surface area contributed by atoms with Crippen molar-refractivity contribution in [2.24, 2.45) is 5.92 Å². The molecule has 1 aliphatic rings. The average molecular weight is 909 g/mol. The lowest BCUT2D eigenvalue weighted by Gasteiger charge is -2.26. The Labute approximate surface area is 412 Å². The maximum absolute atomic E-state index is 2.55. The third-order valence-corrected chi connectivity index (χ3v) is 14.8. The molecule has 0 spiro atoms. The van der Waals surface area contributed by atoms with E-state index in [1.54, 1.807) is 0 Å². The Morgan fingerprint density at radius 1 is 0.366 bits per heavy atom. The van der Waals surface area contributed by atoms with Crippen LogP contribution in [0.1, 0.15) is 18.2 Å². The van der Waals surface area contributed by atoms with E-state index in [9.17, 15) is 0 Å². The van der Waals surface area contributed by atoms with Crippen molar-refractivity contribution >= 4 is 77.7 Å². The fourth-order valence-corrected chi connectivity index (χ4v) is 11.6. The van der Waals surface area contributed by atoms with Gasteiger partial charge in [-0.25, -0.2) is 0 Å². The second-order valence-corrected chi connectivity index (χ2v) is 19.0. The standard InChI is InChI=1S/C67H48N4/c1-45-32-41-65-59(42-45)56-26-12-17-31-64(56)71(65)67-44-66(70-62-29-15-10-24-54(62)55-25-11-16-30-63(55)70)57(46-33-37-50(38-34-46)68(48-18-4-2-5-19-48)49-20-6-3-7-21-49)43-58(67)47-35-39-51(40-36-47)69-60-27-13-8-22-52(60)53-23-9-14-28-61(53)69/h2-41,43-45H,42H2,1H3. The summed E-state index contributed by atoms with van der Waals surface area (Å²) < 4.78 is 7.46. The number of aromatic nitrogens is 3. The second kappa shape index (κ2) is 16.5. The zero-order valence-corrected chi connectivity index (χ0v) is 39.3. The van der Waals surface area contributed by atoms with E-state index >= 15 is 0 Å². The van der Waals surface area contributed by atoms with Crippen LogP contribution in [0.5, 0.6) is 0 Å². The van der Waals surface area contributed by atoms with Crippen LogP contribution in [0, 0.1) is 5.92 Å². The van der Waals surface area contributed by atoms with Gasteiger partial charge in [-0.1, -0.05) is 165 Å². The molecule has 0 saturated heterocycles. The number of hydrogen-bond acceptors (Lipinski definition) is 1. The van der Waals surface area contributed by atoms with Gasteiger partial charge in [0, 0.05) is 66.5 Å². The second-order valence-electron chi connectivity index (χ2n) is 19.0. The van der Waals surface area contributed by atoms with Crippen LogP contribution < -0.4 is 4.90 Å². The van der Waals surface area contributed by atoms with Crippen molar-refractivity contribution in [1.82, 2.24) is 13.7 Å². The monoisotopic (exact) mass is 908 g/mol. The van der Waals surface area contributed by atoms with Crippen LogP contribution in [0.4, 0.5) is 17.1 Å². The lowest BCUT2D eigenvalue weighted by Crippen LogP contribution is -2.09. The summed E-state index contributed by atoms with van der Waals surface area (Å²) in [6.07, 6.45) is 5.75. The van der Waals surface area contributed by atoms with Gasteiger partial charge in [0.1, 0.15) is 0 Å². The molecule has 0 radical (unpaired) electrons. The molecule has 1 unspecified atom stereocenters. The highest BCUT2D eigenvalue weighted by Gasteiger charge is 2.26. The van der Waals surface area contributed by atoms with Gasteiger partial charge < -0.3 is 18.6 Å². The number of nitrogens with zero attached hydrogens (tertiary/aromatic N) is 4. The minimum atomic E-state index is 0.452. The van der Waals surface area contributed by atoms with Gasteiger partial charge in [-0.05, 0) is 126 Å². The van der Waals surface area contributed by atoms with Gasteiger partial charge in [0.05, 0.1) is 39.0 Å². The number of allylic oxidation sites excluding steroid dienone is 1. The molecule has 14 rings (SSSR count). The predicted molar refractivity (Wildman–Crippen MR) is 299 cm³/mol. The molecular weight excluding hydrogens is 861 g/mol. The average Bonchev–Trinajstić information content (AvgIpc) is 4.07. The fourth-order valence-electron chi connectivity index (χ4n) is 11.6. The highest BCUT2D eigenvalue weighted by atomic mass is 15.1. The number of hydrogen-bond donors (Lipinski definition) is 0. The summed E-state index contributed by atoms with van der Waals surface area (Å²) in [4.78, 5) is 2.33. The van der Waals surface area contributed by atoms with Crippen molar-refractivity contribution in [3.63, 3.8) is 0 Å². The van der Waals surface area contributed by atoms with Crippen molar-refractivity contribution in [3.05, 3.63) is 260 Å². The first-order valence-electron chi connectivity index (χ1n) is 24.7. The van der Waals surface area contributed by atoms with Gasteiger partial charge in [-0.15, -0.1) is 0 Å². The van der Waals surface area contributed by atoms with Gasteiger partial charge in [0.25, 0.3) is 0 Å². The third kappa shape index (κ3) is 6.60. The van der Waals surface area contributed by atoms with Crippen LogP contribution in [-0.4, -0.2) is 13.7 Å². The highest BCUT2D eigenvalue weighted by Crippen LogP contribution is 2.45. The van der Waals surface area contributed by atoms with Crippen molar-refractivity contribution in [2.45, 2.75) is 13.3 Å². The summed E-state index contributed by atoms with van der Waals surface area (Å²) in [6.45, 7) is 2.33. The molecule has 0 bridgehead atoms. The Bertz CT molecular complexity index is 4040. The van der Waals surface area contributed by atoms with Gasteiger partial charge in [-0.3, -0.25) is 0 Å². The lowest BCUT2D eigenvalue weighted by molar-refractivity contribution is 0.718. The molecule has 0 fully saturated rings. The first-order chi connectivity index (χ1) is 35.2. The van der Waals surface area contributed by atoms with E-state index in [-0.39, 0.29) is 0 Å². The topological polar surface area (TPSA) is 18.0 Å². The van der Waals surface area contributed by atoms with E-state index in [2.05, 4.69) is 280 Å². The maximum Gasteiger partial charge on any atom is 0.0561 e. The normalized spacial score (nSPS) is 13.5. The van der Waals surface area contributed by atoms with E-state index in [4.69, 9.17) is 0 Å². The molecule has 4 nitrogen and oxygen atoms in total.